The van der Waals surface area contributed by atoms with Crippen molar-refractivity contribution in [3.63, 3.8) is 0 Å². The van der Waals surface area contributed by atoms with E-state index >= 15 is 0 Å². The zero-order valence-corrected chi connectivity index (χ0v) is 15.2. The molecule has 0 saturated carbocycles. The number of pyridine rings is 1. The summed E-state index contributed by atoms with van der Waals surface area (Å²) in [7, 11) is 1.83. The van der Waals surface area contributed by atoms with Crippen LogP contribution in [0.3, 0.4) is 0 Å². The van der Waals surface area contributed by atoms with E-state index in [0.717, 1.165) is 16.9 Å². The van der Waals surface area contributed by atoms with Crippen molar-refractivity contribution >= 4 is 29.2 Å². The average Bonchev–Trinajstić information content (AvgIpc) is 2.87. The van der Waals surface area contributed by atoms with Crippen LogP contribution in [0.1, 0.15) is 11.3 Å². The highest BCUT2D eigenvalue weighted by atomic mass is 32.1. The molecule has 1 aromatic carbocycles. The molecule has 3 aromatic rings. The van der Waals surface area contributed by atoms with Gasteiger partial charge in [-0.3, -0.25) is 19.9 Å². The van der Waals surface area contributed by atoms with Crippen LogP contribution in [0.5, 0.6) is 0 Å². The minimum absolute atomic E-state index is 0.184. The van der Waals surface area contributed by atoms with Crippen molar-refractivity contribution in [1.29, 1.82) is 0 Å². The van der Waals surface area contributed by atoms with E-state index in [1.54, 1.807) is 28.0 Å². The minimum Gasteiger partial charge on any atom is -0.325 e. The maximum Gasteiger partial charge on any atom is 0.295 e. The second kappa shape index (κ2) is 7.75. The first-order valence-electron chi connectivity index (χ1n) is 7.92. The van der Waals surface area contributed by atoms with Crippen molar-refractivity contribution < 1.29 is 0 Å². The van der Waals surface area contributed by atoms with E-state index in [4.69, 9.17) is 12.2 Å². The summed E-state index contributed by atoms with van der Waals surface area (Å²) in [5.41, 5.74) is 5.31. The zero-order chi connectivity index (χ0) is 18.5. The van der Waals surface area contributed by atoms with Crippen molar-refractivity contribution in [3.05, 3.63) is 76.5 Å². The number of rotatable bonds is 4. The summed E-state index contributed by atoms with van der Waals surface area (Å²) in [4.78, 5) is 16.8. The van der Waals surface area contributed by atoms with E-state index in [1.165, 1.54) is 0 Å². The molecule has 0 amide bonds. The Morgan fingerprint density at radius 1 is 1.23 bits per heavy atom. The molecule has 0 bridgehead atoms. The molecule has 7 nitrogen and oxygen atoms in total. The fraction of sp³-hybridized carbons (Fsp3) is 0.111. The molecule has 132 valence electrons. The Morgan fingerprint density at radius 3 is 2.69 bits per heavy atom. The van der Waals surface area contributed by atoms with Gasteiger partial charge in [0.2, 0.25) is 0 Å². The van der Waals surface area contributed by atoms with E-state index < -0.39 is 0 Å². The second-order valence-corrected chi connectivity index (χ2v) is 5.96. The summed E-state index contributed by atoms with van der Waals surface area (Å²) in [6, 6.07) is 13.1. The topological polar surface area (TPSA) is 76.2 Å². The monoisotopic (exact) mass is 366 g/mol. The molecule has 0 aliphatic heterocycles. The molecule has 0 aliphatic carbocycles. The first-order chi connectivity index (χ1) is 12.6. The summed E-state index contributed by atoms with van der Waals surface area (Å²) in [5, 5.41) is 7.22. The van der Waals surface area contributed by atoms with Crippen LogP contribution in [0.25, 0.3) is 5.69 Å². The highest BCUT2D eigenvalue weighted by Gasteiger charge is 2.16. The summed E-state index contributed by atoms with van der Waals surface area (Å²) in [6.45, 7) is 1.85. The fourth-order valence-electron chi connectivity index (χ4n) is 2.47. The lowest BCUT2D eigenvalue weighted by atomic mass is 10.3. The smallest absolute Gasteiger partial charge is 0.295 e. The maximum absolute atomic E-state index is 12.8. The molecule has 0 unspecified atom stereocenters. The van der Waals surface area contributed by atoms with Crippen LogP contribution in [-0.2, 0) is 7.05 Å². The van der Waals surface area contributed by atoms with Gasteiger partial charge in [0.1, 0.15) is 5.69 Å². The molecular formula is C18H18N6OS. The Hall–Kier alpha value is -3.26. The Kier molecular flexibility index (Phi) is 5.23. The molecule has 2 aromatic heterocycles. The molecule has 26 heavy (non-hydrogen) atoms. The number of anilines is 1. The Morgan fingerprint density at radius 2 is 2.00 bits per heavy atom. The van der Waals surface area contributed by atoms with Crippen LogP contribution in [0, 0.1) is 6.92 Å². The molecule has 0 spiro atoms. The number of hydrogen-bond acceptors (Lipinski definition) is 4. The van der Waals surface area contributed by atoms with Crippen LogP contribution in [-0.4, -0.2) is 25.7 Å². The number of aromatic nitrogens is 3. The lowest BCUT2D eigenvalue weighted by Gasteiger charge is -2.07. The van der Waals surface area contributed by atoms with Crippen LogP contribution >= 0.6 is 12.2 Å². The lowest BCUT2D eigenvalue weighted by Crippen LogP contribution is -2.28. The predicted molar refractivity (Wildman–Crippen MR) is 107 cm³/mol. The highest BCUT2D eigenvalue weighted by Crippen LogP contribution is 2.13. The lowest BCUT2D eigenvalue weighted by molar-refractivity contribution is 0.630. The average molecular weight is 366 g/mol. The van der Waals surface area contributed by atoms with Crippen molar-refractivity contribution in [3.8, 4) is 5.69 Å². The van der Waals surface area contributed by atoms with Gasteiger partial charge in [-0.1, -0.05) is 24.3 Å². The summed E-state index contributed by atoms with van der Waals surface area (Å²) < 4.78 is 3.36. The standard InChI is InChI=1S/C18H18N6OS/c1-13-16(17(25)24(23(13)2)15-8-4-3-5-9-15)21-18(26)22-20-12-14-7-6-10-19-11-14/h3-12H,1-2H3,(H2,21,22,26)/b20-12-. The van der Waals surface area contributed by atoms with E-state index in [1.807, 2.05) is 56.4 Å². The number of thiocarbonyl (C=S) groups is 1. The van der Waals surface area contributed by atoms with Gasteiger partial charge in [0, 0.05) is 25.0 Å². The van der Waals surface area contributed by atoms with Gasteiger partial charge >= 0.3 is 0 Å². The van der Waals surface area contributed by atoms with Gasteiger partial charge in [0.15, 0.2) is 5.11 Å². The first kappa shape index (κ1) is 17.6. The number of nitrogens with zero attached hydrogens (tertiary/aromatic N) is 4. The number of benzene rings is 1. The number of para-hydroxylation sites is 1. The quantitative estimate of drug-likeness (QED) is 0.421. The van der Waals surface area contributed by atoms with E-state index in [2.05, 4.69) is 20.8 Å². The van der Waals surface area contributed by atoms with Crippen LogP contribution < -0.4 is 16.3 Å². The minimum atomic E-state index is -0.184. The van der Waals surface area contributed by atoms with Gasteiger partial charge < -0.3 is 5.32 Å². The van der Waals surface area contributed by atoms with Gasteiger partial charge in [-0.25, -0.2) is 4.68 Å². The Bertz CT molecular complexity index is 992. The molecule has 2 heterocycles. The molecule has 0 aliphatic rings. The van der Waals surface area contributed by atoms with Gasteiger partial charge in [-0.05, 0) is 37.3 Å². The number of hydrogen-bond donors (Lipinski definition) is 2. The van der Waals surface area contributed by atoms with Gasteiger partial charge in [-0.15, -0.1) is 0 Å². The predicted octanol–water partition coefficient (Wildman–Crippen LogP) is 2.20. The largest absolute Gasteiger partial charge is 0.325 e. The third-order valence-electron chi connectivity index (χ3n) is 3.86. The van der Waals surface area contributed by atoms with Crippen molar-refractivity contribution in [1.82, 2.24) is 19.8 Å². The molecule has 2 N–H and O–H groups in total. The molecule has 0 fully saturated rings. The number of nitrogens with one attached hydrogen (secondary N) is 2. The van der Waals surface area contributed by atoms with Crippen LogP contribution in [0.2, 0.25) is 0 Å². The van der Waals surface area contributed by atoms with Crippen LogP contribution in [0.15, 0.2) is 64.8 Å². The highest BCUT2D eigenvalue weighted by molar-refractivity contribution is 7.80. The SMILES string of the molecule is Cc1c(NC(=S)N/N=C\c2cccnc2)c(=O)n(-c2ccccc2)n1C. The van der Waals surface area contributed by atoms with Gasteiger partial charge in [0.05, 0.1) is 17.6 Å². The van der Waals surface area contributed by atoms with Gasteiger partial charge in [-0.2, -0.15) is 5.10 Å². The third-order valence-corrected chi connectivity index (χ3v) is 4.05. The summed E-state index contributed by atoms with van der Waals surface area (Å²) in [6.07, 6.45) is 4.97. The summed E-state index contributed by atoms with van der Waals surface area (Å²) >= 11 is 5.23. The Balaban J connectivity index is 1.77. The Labute approximate surface area is 156 Å². The van der Waals surface area contributed by atoms with Gasteiger partial charge in [0.25, 0.3) is 5.56 Å². The number of hydrazone groups is 1. The molecule has 0 saturated heterocycles. The molecular weight excluding hydrogens is 348 g/mol. The normalized spacial score (nSPS) is 10.8. The molecule has 3 rings (SSSR count). The van der Waals surface area contributed by atoms with E-state index in [-0.39, 0.29) is 10.7 Å². The third kappa shape index (κ3) is 3.70. The van der Waals surface area contributed by atoms with E-state index in [0.29, 0.717) is 5.69 Å². The summed E-state index contributed by atoms with van der Waals surface area (Å²) in [5.74, 6) is 0. The maximum atomic E-state index is 12.8. The van der Waals surface area contributed by atoms with Crippen LogP contribution in [0.4, 0.5) is 5.69 Å². The second-order valence-electron chi connectivity index (χ2n) is 5.55. The zero-order valence-electron chi connectivity index (χ0n) is 14.4. The van der Waals surface area contributed by atoms with E-state index in [9.17, 15) is 4.79 Å². The fourth-order valence-corrected chi connectivity index (χ4v) is 2.63. The van der Waals surface area contributed by atoms with Crippen molar-refractivity contribution in [2.75, 3.05) is 5.32 Å². The van der Waals surface area contributed by atoms with Crippen molar-refractivity contribution in [2.24, 2.45) is 12.1 Å². The molecule has 0 radical (unpaired) electrons. The molecule has 8 heteroatoms. The molecule has 0 atom stereocenters. The van der Waals surface area contributed by atoms with Crippen molar-refractivity contribution in [2.45, 2.75) is 6.92 Å². The first-order valence-corrected chi connectivity index (χ1v) is 8.33.